The van der Waals surface area contributed by atoms with Gasteiger partial charge in [-0.2, -0.15) is 0 Å². The molecular weight excluding hydrogens is 260 g/mol. The van der Waals surface area contributed by atoms with E-state index in [0.29, 0.717) is 12.8 Å². The first-order valence-electron chi connectivity index (χ1n) is 5.38. The van der Waals surface area contributed by atoms with Gasteiger partial charge in [0.15, 0.2) is 0 Å². The number of benzene rings is 1. The highest BCUT2D eigenvalue weighted by atomic mass is 31.2. The van der Waals surface area contributed by atoms with Gasteiger partial charge in [0.2, 0.25) is 0 Å². The molecule has 1 aromatic carbocycles. The lowest BCUT2D eigenvalue weighted by molar-refractivity contribution is -0.341. The quantitative estimate of drug-likeness (QED) is 0.651. The fraction of sp³-hybridized carbons (Fsp3) is 0.273. The monoisotopic (exact) mass is 271 g/mol. The molecule has 1 aromatic heterocycles. The summed E-state index contributed by atoms with van der Waals surface area (Å²) in [5.74, 6) is -0.330. The summed E-state index contributed by atoms with van der Waals surface area (Å²) < 4.78 is 27.4. The van der Waals surface area contributed by atoms with Crippen LogP contribution in [0, 0.1) is 5.82 Å². The summed E-state index contributed by atoms with van der Waals surface area (Å²) in [7, 11) is -4.90. The van der Waals surface area contributed by atoms with Crippen molar-refractivity contribution >= 4 is 18.7 Å². The van der Waals surface area contributed by atoms with Crippen LogP contribution in [0.4, 0.5) is 4.39 Å². The van der Waals surface area contributed by atoms with Gasteiger partial charge in [-0.05, 0) is 36.6 Å². The highest BCUT2D eigenvalue weighted by molar-refractivity contribution is 7.43. The van der Waals surface area contributed by atoms with Gasteiger partial charge in [0.25, 0.3) is 0 Å². The molecule has 0 spiro atoms. The second-order valence-electron chi connectivity index (χ2n) is 3.89. The molecule has 2 aromatic rings. The topological polar surface area (TPSA) is 88.2 Å². The van der Waals surface area contributed by atoms with E-state index in [9.17, 15) is 18.7 Å². The molecule has 18 heavy (non-hydrogen) atoms. The number of hydrogen-bond donors (Lipinski definition) is 1. The van der Waals surface area contributed by atoms with Crippen LogP contribution in [0.1, 0.15) is 12.0 Å². The first-order chi connectivity index (χ1) is 8.46. The number of fused-ring (bicyclic) bond motifs is 1. The largest absolute Gasteiger partial charge is 0.790 e. The van der Waals surface area contributed by atoms with Crippen molar-refractivity contribution in [2.24, 2.45) is 0 Å². The average molecular weight is 271 g/mol. The Balaban J connectivity index is 2.00. The van der Waals surface area contributed by atoms with Crippen LogP contribution in [-0.2, 0) is 15.5 Å². The summed E-state index contributed by atoms with van der Waals surface area (Å²) >= 11 is 0. The lowest BCUT2D eigenvalue weighted by Crippen LogP contribution is -2.16. The molecule has 0 atom stereocenters. The Kier molecular flexibility index (Phi) is 3.82. The number of phosphoric ester groups is 1. The van der Waals surface area contributed by atoms with Gasteiger partial charge < -0.3 is 23.9 Å². The molecule has 1 N–H and O–H groups in total. The van der Waals surface area contributed by atoms with Crippen LogP contribution in [0.25, 0.3) is 10.9 Å². The van der Waals surface area contributed by atoms with E-state index in [4.69, 9.17) is 0 Å². The van der Waals surface area contributed by atoms with E-state index in [2.05, 4.69) is 9.51 Å². The molecule has 98 valence electrons. The molecule has 0 saturated carbocycles. The van der Waals surface area contributed by atoms with Crippen LogP contribution in [0.5, 0.6) is 0 Å². The molecule has 0 amide bonds. The van der Waals surface area contributed by atoms with Crippen molar-refractivity contribution in [3.8, 4) is 0 Å². The zero-order chi connectivity index (χ0) is 13.2. The standard InChI is InChI=1S/C11H13FNO4P/c12-9-3-4-11-10(6-9)8(7-13-11)2-1-5-17-18(14,15)16/h3-4,6-7,13H,1-2,5H2,(H2,14,15,16)/p-2. The zero-order valence-electron chi connectivity index (χ0n) is 9.39. The zero-order valence-corrected chi connectivity index (χ0v) is 10.3. The number of nitrogens with one attached hydrogen (secondary N) is 1. The molecule has 1 heterocycles. The number of halogens is 1. The third kappa shape index (κ3) is 3.40. The molecular formula is C11H11FNO4P-2. The van der Waals surface area contributed by atoms with Crippen LogP contribution in [0.3, 0.4) is 0 Å². The predicted octanol–water partition coefficient (Wildman–Crippen LogP) is 1.08. The predicted molar refractivity (Wildman–Crippen MR) is 60.1 cm³/mol. The summed E-state index contributed by atoms with van der Waals surface area (Å²) in [5.41, 5.74) is 1.67. The van der Waals surface area contributed by atoms with Crippen LogP contribution >= 0.6 is 7.82 Å². The molecule has 0 fully saturated rings. The van der Waals surface area contributed by atoms with Gasteiger partial charge >= 0.3 is 0 Å². The minimum Gasteiger partial charge on any atom is -0.790 e. The average Bonchev–Trinajstić information content (AvgIpc) is 2.66. The molecule has 0 saturated heterocycles. The van der Waals surface area contributed by atoms with E-state index in [1.54, 1.807) is 12.3 Å². The molecule has 0 aliphatic carbocycles. The lowest BCUT2D eigenvalue weighted by atomic mass is 10.1. The molecule has 0 radical (unpaired) electrons. The number of aromatic amines is 1. The number of H-pyrrole nitrogens is 1. The van der Waals surface area contributed by atoms with E-state index < -0.39 is 7.82 Å². The maximum atomic E-state index is 13.1. The summed E-state index contributed by atoms with van der Waals surface area (Å²) in [4.78, 5) is 23.5. The van der Waals surface area contributed by atoms with Gasteiger partial charge in [-0.1, -0.05) is 0 Å². The fourth-order valence-corrected chi connectivity index (χ4v) is 2.15. The highest BCUT2D eigenvalue weighted by Crippen LogP contribution is 2.25. The van der Waals surface area contributed by atoms with Gasteiger partial charge in [0, 0.05) is 17.1 Å². The van der Waals surface area contributed by atoms with Gasteiger partial charge in [-0.15, -0.1) is 0 Å². The molecule has 7 heteroatoms. The van der Waals surface area contributed by atoms with Crippen LogP contribution in [-0.4, -0.2) is 11.6 Å². The smallest absolute Gasteiger partial charge is 0.123 e. The molecule has 2 rings (SSSR count). The van der Waals surface area contributed by atoms with Crippen molar-refractivity contribution < 1.29 is 23.3 Å². The number of hydrogen-bond acceptors (Lipinski definition) is 4. The number of rotatable bonds is 5. The fourth-order valence-electron chi connectivity index (χ4n) is 1.80. The molecule has 0 unspecified atom stereocenters. The first kappa shape index (κ1) is 13.2. The van der Waals surface area contributed by atoms with Crippen LogP contribution in [0.15, 0.2) is 24.4 Å². The van der Waals surface area contributed by atoms with Crippen molar-refractivity contribution in [1.29, 1.82) is 0 Å². The maximum absolute atomic E-state index is 13.1. The normalized spacial score (nSPS) is 12.2. The molecule has 0 bridgehead atoms. The highest BCUT2D eigenvalue weighted by Gasteiger charge is 2.04. The van der Waals surface area contributed by atoms with Gasteiger partial charge in [0.1, 0.15) is 5.82 Å². The Morgan fingerprint density at radius 1 is 1.39 bits per heavy atom. The second kappa shape index (κ2) is 5.20. The first-order valence-corrected chi connectivity index (χ1v) is 6.84. The Labute approximate surface area is 103 Å². The SMILES string of the molecule is O=P([O-])([O-])OCCCc1c[nH]c2ccc(F)cc12. The number of aryl methyl sites for hydroxylation is 1. The lowest BCUT2D eigenvalue weighted by Gasteiger charge is -2.28. The number of aromatic nitrogens is 1. The van der Waals surface area contributed by atoms with E-state index in [1.165, 1.54) is 12.1 Å². The summed E-state index contributed by atoms with van der Waals surface area (Å²) in [6, 6.07) is 4.40. The Morgan fingerprint density at radius 2 is 2.17 bits per heavy atom. The van der Waals surface area contributed by atoms with E-state index in [-0.39, 0.29) is 12.4 Å². The van der Waals surface area contributed by atoms with Crippen molar-refractivity contribution in [2.75, 3.05) is 6.61 Å². The van der Waals surface area contributed by atoms with Gasteiger partial charge in [-0.3, -0.25) is 0 Å². The van der Waals surface area contributed by atoms with Crippen molar-refractivity contribution in [2.45, 2.75) is 12.8 Å². The minimum atomic E-state index is -4.90. The Hall–Kier alpha value is -1.20. The minimum absolute atomic E-state index is 0.160. The summed E-state index contributed by atoms with van der Waals surface area (Å²) in [5, 5.41) is 0.752. The number of phosphoric acid groups is 1. The van der Waals surface area contributed by atoms with E-state index in [1.807, 2.05) is 0 Å². The second-order valence-corrected chi connectivity index (χ2v) is 5.04. The summed E-state index contributed by atoms with van der Waals surface area (Å²) in [6.45, 7) is -0.160. The van der Waals surface area contributed by atoms with E-state index in [0.717, 1.165) is 16.5 Å². The van der Waals surface area contributed by atoms with Crippen molar-refractivity contribution in [3.05, 3.63) is 35.8 Å². The van der Waals surface area contributed by atoms with E-state index >= 15 is 0 Å². The van der Waals surface area contributed by atoms with Crippen LogP contribution < -0.4 is 9.79 Å². The Bertz CT molecular complexity index is 592. The van der Waals surface area contributed by atoms with Crippen molar-refractivity contribution in [3.63, 3.8) is 0 Å². The molecule has 0 aliphatic heterocycles. The maximum Gasteiger partial charge on any atom is 0.123 e. The third-order valence-electron chi connectivity index (χ3n) is 2.57. The Morgan fingerprint density at radius 3 is 2.89 bits per heavy atom. The van der Waals surface area contributed by atoms with Crippen molar-refractivity contribution in [1.82, 2.24) is 4.98 Å². The summed E-state index contributed by atoms with van der Waals surface area (Å²) in [6.07, 6.45) is 2.61. The molecule has 0 aliphatic rings. The molecule has 5 nitrogen and oxygen atoms in total. The van der Waals surface area contributed by atoms with Gasteiger partial charge in [0.05, 0.1) is 14.4 Å². The third-order valence-corrected chi connectivity index (χ3v) is 3.07. The van der Waals surface area contributed by atoms with Crippen LogP contribution in [0.2, 0.25) is 0 Å². The van der Waals surface area contributed by atoms with Gasteiger partial charge in [-0.25, -0.2) is 4.39 Å².